The first-order valence-corrected chi connectivity index (χ1v) is 16.5. The third kappa shape index (κ3) is 4.55. The van der Waals surface area contributed by atoms with Gasteiger partial charge in [0.15, 0.2) is 0 Å². The first-order chi connectivity index (χ1) is 6.91. The van der Waals surface area contributed by atoms with E-state index >= 15 is 0 Å². The van der Waals surface area contributed by atoms with Crippen LogP contribution in [0.1, 0.15) is 32.1 Å². The van der Waals surface area contributed by atoms with Gasteiger partial charge in [-0.15, -0.1) is 0 Å². The monoisotopic (exact) mass is 338 g/mol. The molecule has 0 N–H and O–H groups in total. The topological polar surface area (TPSA) is 26.3 Å². The molecule has 0 bridgehead atoms. The van der Waals surface area contributed by atoms with Crippen molar-refractivity contribution in [2.75, 3.05) is 0 Å². The fraction of sp³-hybridized carbons (Fsp3) is 0.909. The molecule has 1 unspecified atom stereocenters. The summed E-state index contributed by atoms with van der Waals surface area (Å²) >= 11 is 2.19. The first-order valence-electron chi connectivity index (χ1n) is 5.80. The summed E-state index contributed by atoms with van der Waals surface area (Å²) in [5.41, 5.74) is 0. The van der Waals surface area contributed by atoms with Crippen molar-refractivity contribution in [3.05, 3.63) is 0 Å². The van der Waals surface area contributed by atoms with E-state index in [4.69, 9.17) is 4.74 Å². The van der Waals surface area contributed by atoms with Crippen LogP contribution in [0.25, 0.3) is 0 Å². The molecule has 0 heterocycles. The number of rotatable bonds is 3. The fourth-order valence-corrected chi connectivity index (χ4v) is 4.04. The second-order valence-corrected chi connectivity index (χ2v) is 22.5. The van der Waals surface area contributed by atoms with Gasteiger partial charge in [0.05, 0.1) is 0 Å². The summed E-state index contributed by atoms with van der Waals surface area (Å²) in [4.78, 5) is 18.5. The molecule has 0 aromatic rings. The van der Waals surface area contributed by atoms with Crippen molar-refractivity contribution in [3.63, 3.8) is 0 Å². The molecule has 2 nitrogen and oxygen atoms in total. The zero-order valence-corrected chi connectivity index (χ0v) is 13.7. The van der Waals surface area contributed by atoms with E-state index in [1.807, 2.05) is 0 Å². The van der Waals surface area contributed by atoms with Crippen LogP contribution in [0.4, 0.5) is 0 Å². The van der Waals surface area contributed by atoms with Gasteiger partial charge < -0.3 is 0 Å². The molecule has 88 valence electrons. The molecule has 4 heteroatoms. The number of hydrogen-bond donors (Lipinski definition) is 1. The maximum absolute atomic E-state index is 11.8. The van der Waals surface area contributed by atoms with Crippen LogP contribution in [0.5, 0.6) is 0 Å². The van der Waals surface area contributed by atoms with Gasteiger partial charge in [-0.25, -0.2) is 0 Å². The molecule has 0 aromatic heterocycles. The van der Waals surface area contributed by atoms with Gasteiger partial charge >= 0.3 is 103 Å². The molecule has 0 saturated heterocycles. The predicted octanol–water partition coefficient (Wildman–Crippen LogP) is 3.04. The summed E-state index contributed by atoms with van der Waals surface area (Å²) in [5, 5.41) is 0. The van der Waals surface area contributed by atoms with E-state index in [-0.39, 0.29) is 15.3 Å². The zero-order chi connectivity index (χ0) is 11.5. The first kappa shape index (κ1) is 13.7. The van der Waals surface area contributed by atoms with Crippen molar-refractivity contribution in [3.8, 4) is 0 Å². The van der Waals surface area contributed by atoms with Gasteiger partial charge in [0.2, 0.25) is 0 Å². The SMILES string of the molecule is [CH3][Sn]([CH3])([CH3])[CH](S)C(=O)OC1CCCCC1. The van der Waals surface area contributed by atoms with Crippen LogP contribution in [-0.4, -0.2) is 33.7 Å². The van der Waals surface area contributed by atoms with E-state index < -0.39 is 18.4 Å². The van der Waals surface area contributed by atoms with Crippen LogP contribution in [0.15, 0.2) is 0 Å². The Morgan fingerprint density at radius 3 is 2.27 bits per heavy atom. The molecular weight excluding hydrogens is 315 g/mol. The van der Waals surface area contributed by atoms with Crippen LogP contribution in [0.3, 0.4) is 0 Å². The van der Waals surface area contributed by atoms with Gasteiger partial charge in [-0.2, -0.15) is 0 Å². The molecule has 1 rings (SSSR count). The Balaban J connectivity index is 2.40. The van der Waals surface area contributed by atoms with E-state index in [1.165, 1.54) is 19.3 Å². The molecule has 15 heavy (non-hydrogen) atoms. The van der Waals surface area contributed by atoms with E-state index in [0.717, 1.165) is 12.8 Å². The summed E-state index contributed by atoms with van der Waals surface area (Å²) in [5.74, 6) is -0.0615. The molecule has 1 aliphatic rings. The van der Waals surface area contributed by atoms with Crippen molar-refractivity contribution >= 4 is 37.0 Å². The van der Waals surface area contributed by atoms with Crippen LogP contribution < -0.4 is 0 Å². The Hall–Kier alpha value is 0.619. The molecule has 1 saturated carbocycles. The van der Waals surface area contributed by atoms with E-state index in [2.05, 4.69) is 27.4 Å². The molecule has 0 radical (unpaired) electrons. The third-order valence-corrected chi connectivity index (χ3v) is 13.6. The van der Waals surface area contributed by atoms with Crippen LogP contribution in [-0.2, 0) is 9.53 Å². The van der Waals surface area contributed by atoms with Gasteiger partial charge in [0, 0.05) is 0 Å². The Morgan fingerprint density at radius 2 is 1.80 bits per heavy atom. The summed E-state index contributed by atoms with van der Waals surface area (Å²) in [7, 11) is 0. The van der Waals surface area contributed by atoms with Gasteiger partial charge in [0.25, 0.3) is 0 Å². The number of hydrogen-bond acceptors (Lipinski definition) is 3. The summed E-state index contributed by atoms with van der Waals surface area (Å²) in [6.07, 6.45) is 5.96. The van der Waals surface area contributed by atoms with Crippen molar-refractivity contribution < 1.29 is 9.53 Å². The molecule has 1 aliphatic carbocycles. The van der Waals surface area contributed by atoms with Crippen LogP contribution in [0.2, 0.25) is 14.8 Å². The molecular formula is C11H22O2SSn. The molecule has 0 amide bonds. The quantitative estimate of drug-likeness (QED) is 0.487. The number of carbonyl (C=O) groups is 1. The van der Waals surface area contributed by atoms with Crippen molar-refractivity contribution in [2.24, 2.45) is 0 Å². The van der Waals surface area contributed by atoms with Gasteiger partial charge in [0.1, 0.15) is 0 Å². The standard InChI is InChI=1S/C8H13O2S.3CH3.Sn/c9-8(6-11)10-7-4-2-1-3-5-7;;;;/h6-7,11H,1-5H2;3*1H3;. The maximum atomic E-state index is 11.8. The summed E-state index contributed by atoms with van der Waals surface area (Å²) in [6.45, 7) is 0. The molecule has 0 spiro atoms. The normalized spacial score (nSPS) is 21.1. The summed E-state index contributed by atoms with van der Waals surface area (Å²) < 4.78 is 5.41. The Kier molecular flexibility index (Phi) is 5.29. The van der Waals surface area contributed by atoms with Gasteiger partial charge in [-0.3, -0.25) is 0 Å². The van der Waals surface area contributed by atoms with E-state index in [9.17, 15) is 4.79 Å². The minimum absolute atomic E-state index is 0.0615. The molecule has 0 aliphatic heterocycles. The predicted molar refractivity (Wildman–Crippen MR) is 69.1 cm³/mol. The number of ether oxygens (including phenoxy) is 1. The Labute approximate surface area is 102 Å². The van der Waals surface area contributed by atoms with Crippen LogP contribution >= 0.6 is 12.6 Å². The minimum atomic E-state index is -2.23. The van der Waals surface area contributed by atoms with E-state index in [0.29, 0.717) is 0 Å². The van der Waals surface area contributed by atoms with Crippen molar-refractivity contribution in [2.45, 2.75) is 56.3 Å². The van der Waals surface area contributed by atoms with Gasteiger partial charge in [-0.1, -0.05) is 0 Å². The Bertz CT molecular complexity index is 219. The van der Waals surface area contributed by atoms with Crippen molar-refractivity contribution in [1.29, 1.82) is 0 Å². The number of esters is 1. The molecule has 0 aromatic carbocycles. The number of carbonyl (C=O) groups excluding carboxylic acids is 1. The van der Waals surface area contributed by atoms with Crippen molar-refractivity contribution in [1.82, 2.24) is 0 Å². The fourth-order valence-electron chi connectivity index (χ4n) is 1.77. The summed E-state index contributed by atoms with van der Waals surface area (Å²) in [6, 6.07) is 0. The second-order valence-electron chi connectivity index (χ2n) is 5.47. The average molecular weight is 337 g/mol. The Morgan fingerprint density at radius 1 is 1.27 bits per heavy atom. The third-order valence-electron chi connectivity index (χ3n) is 2.88. The molecule has 1 fully saturated rings. The second kappa shape index (κ2) is 5.80. The van der Waals surface area contributed by atoms with Crippen LogP contribution in [0, 0.1) is 0 Å². The zero-order valence-electron chi connectivity index (χ0n) is 9.95. The number of thiol groups is 1. The van der Waals surface area contributed by atoms with Gasteiger partial charge in [-0.05, 0) is 0 Å². The average Bonchev–Trinajstić information content (AvgIpc) is 2.16. The molecule has 1 atom stereocenters. The van der Waals surface area contributed by atoms with E-state index in [1.54, 1.807) is 0 Å².